The van der Waals surface area contributed by atoms with E-state index in [4.69, 9.17) is 0 Å². The molecule has 0 fully saturated rings. The van der Waals surface area contributed by atoms with Crippen LogP contribution in [-0.2, 0) is 11.3 Å². The molecule has 0 unspecified atom stereocenters. The first kappa shape index (κ1) is 12.3. The third kappa shape index (κ3) is 4.63. The molecular formula is C13H16N2O. The lowest BCUT2D eigenvalue weighted by atomic mass is 10.1. The lowest BCUT2D eigenvalue weighted by Gasteiger charge is -1.98. The topological polar surface area (TPSA) is 41.1 Å². The minimum absolute atomic E-state index is 0.0568. The van der Waals surface area contributed by atoms with E-state index in [2.05, 4.69) is 22.5 Å². The van der Waals surface area contributed by atoms with Crippen molar-refractivity contribution in [2.24, 2.45) is 0 Å². The molecule has 0 aliphatic carbocycles. The summed E-state index contributed by atoms with van der Waals surface area (Å²) in [5, 5.41) is 5.71. The molecule has 0 aliphatic heterocycles. The Morgan fingerprint density at radius 3 is 2.56 bits per heavy atom. The molecule has 1 rings (SSSR count). The molecular weight excluding hydrogens is 200 g/mol. The van der Waals surface area contributed by atoms with E-state index >= 15 is 0 Å². The summed E-state index contributed by atoms with van der Waals surface area (Å²) in [6, 6.07) is 8.04. The fraction of sp³-hybridized carbons (Fsp3) is 0.308. The van der Waals surface area contributed by atoms with E-state index in [9.17, 15) is 4.79 Å². The highest BCUT2D eigenvalue weighted by molar-refractivity contribution is 5.73. The first-order chi connectivity index (χ1) is 7.72. The van der Waals surface area contributed by atoms with Gasteiger partial charge in [0.15, 0.2) is 0 Å². The van der Waals surface area contributed by atoms with Crippen LogP contribution in [0.4, 0.5) is 0 Å². The molecule has 0 heterocycles. The van der Waals surface area contributed by atoms with Crippen LogP contribution in [0.25, 0.3) is 0 Å². The molecule has 0 bridgehead atoms. The van der Waals surface area contributed by atoms with E-state index in [0.29, 0.717) is 6.54 Å². The third-order valence-corrected chi connectivity index (χ3v) is 1.99. The van der Waals surface area contributed by atoms with Crippen molar-refractivity contribution in [1.29, 1.82) is 0 Å². The minimum Gasteiger partial charge on any atom is -0.345 e. The standard InChI is InChI=1S/C13H16N2O/c1-11(16)15-9-3-4-12-5-7-13(8-6-12)10-14-2/h5-8,14H,9-10H2,1-2H3,(H,15,16). The van der Waals surface area contributed by atoms with Crippen molar-refractivity contribution >= 4 is 5.91 Å². The molecule has 0 spiro atoms. The Balaban J connectivity index is 2.51. The Labute approximate surface area is 96.2 Å². The number of hydrogen-bond donors (Lipinski definition) is 2. The Morgan fingerprint density at radius 1 is 1.31 bits per heavy atom. The number of amides is 1. The third-order valence-electron chi connectivity index (χ3n) is 1.99. The van der Waals surface area contributed by atoms with Crippen LogP contribution < -0.4 is 10.6 Å². The average Bonchev–Trinajstić information content (AvgIpc) is 2.27. The highest BCUT2D eigenvalue weighted by Gasteiger charge is 1.90. The molecule has 2 N–H and O–H groups in total. The predicted octanol–water partition coefficient (Wildman–Crippen LogP) is 0.894. The number of nitrogens with one attached hydrogen (secondary N) is 2. The molecule has 1 aromatic carbocycles. The van der Waals surface area contributed by atoms with Gasteiger partial charge in [-0.2, -0.15) is 0 Å². The second-order valence-corrected chi connectivity index (χ2v) is 3.44. The monoisotopic (exact) mass is 216 g/mol. The van der Waals surface area contributed by atoms with Gasteiger partial charge in [0.1, 0.15) is 0 Å². The highest BCUT2D eigenvalue weighted by atomic mass is 16.1. The smallest absolute Gasteiger partial charge is 0.217 e. The van der Waals surface area contributed by atoms with E-state index in [0.717, 1.165) is 12.1 Å². The summed E-state index contributed by atoms with van der Waals surface area (Å²) in [5.41, 5.74) is 2.19. The molecule has 0 atom stereocenters. The van der Waals surface area contributed by atoms with Crippen LogP contribution in [-0.4, -0.2) is 19.5 Å². The summed E-state index contributed by atoms with van der Waals surface area (Å²) in [6.45, 7) is 2.74. The van der Waals surface area contributed by atoms with Crippen LogP contribution in [0.5, 0.6) is 0 Å². The normalized spacial score (nSPS) is 9.12. The second-order valence-electron chi connectivity index (χ2n) is 3.44. The van der Waals surface area contributed by atoms with E-state index in [-0.39, 0.29) is 5.91 Å². The fourth-order valence-corrected chi connectivity index (χ4v) is 1.22. The fourth-order valence-electron chi connectivity index (χ4n) is 1.22. The summed E-state index contributed by atoms with van der Waals surface area (Å²) in [6.07, 6.45) is 0. The average molecular weight is 216 g/mol. The maximum absolute atomic E-state index is 10.6. The molecule has 0 saturated carbocycles. The van der Waals surface area contributed by atoms with Crippen molar-refractivity contribution in [1.82, 2.24) is 10.6 Å². The van der Waals surface area contributed by atoms with Gasteiger partial charge in [-0.1, -0.05) is 24.0 Å². The van der Waals surface area contributed by atoms with Gasteiger partial charge in [0, 0.05) is 19.0 Å². The number of carbonyl (C=O) groups excluding carboxylic acids is 1. The van der Waals surface area contributed by atoms with Crippen LogP contribution in [0.15, 0.2) is 24.3 Å². The largest absolute Gasteiger partial charge is 0.345 e. The van der Waals surface area contributed by atoms with Gasteiger partial charge in [-0.15, -0.1) is 0 Å². The zero-order valence-electron chi connectivity index (χ0n) is 9.63. The van der Waals surface area contributed by atoms with Gasteiger partial charge >= 0.3 is 0 Å². The van der Waals surface area contributed by atoms with Crippen molar-refractivity contribution in [3.05, 3.63) is 35.4 Å². The van der Waals surface area contributed by atoms with Crippen LogP contribution >= 0.6 is 0 Å². The quantitative estimate of drug-likeness (QED) is 0.737. The summed E-state index contributed by atoms with van der Waals surface area (Å²) < 4.78 is 0. The van der Waals surface area contributed by atoms with Gasteiger partial charge in [-0.25, -0.2) is 0 Å². The SMILES string of the molecule is CNCc1ccc(C#CCNC(C)=O)cc1. The van der Waals surface area contributed by atoms with Crippen molar-refractivity contribution in [2.75, 3.05) is 13.6 Å². The molecule has 3 nitrogen and oxygen atoms in total. The molecule has 16 heavy (non-hydrogen) atoms. The Morgan fingerprint density at radius 2 is 2.00 bits per heavy atom. The molecule has 0 saturated heterocycles. The van der Waals surface area contributed by atoms with Crippen molar-refractivity contribution in [3.63, 3.8) is 0 Å². The lowest BCUT2D eigenvalue weighted by molar-refractivity contribution is -0.118. The van der Waals surface area contributed by atoms with Gasteiger partial charge < -0.3 is 10.6 Å². The van der Waals surface area contributed by atoms with Gasteiger partial charge in [0.05, 0.1) is 6.54 Å². The first-order valence-electron chi connectivity index (χ1n) is 5.19. The predicted molar refractivity (Wildman–Crippen MR) is 64.8 cm³/mol. The van der Waals surface area contributed by atoms with Crippen LogP contribution in [0.3, 0.4) is 0 Å². The van der Waals surface area contributed by atoms with Crippen molar-refractivity contribution < 1.29 is 4.79 Å². The maximum atomic E-state index is 10.6. The van der Waals surface area contributed by atoms with E-state index in [1.807, 2.05) is 31.3 Å². The molecule has 0 aliphatic rings. The minimum atomic E-state index is -0.0568. The Kier molecular flexibility index (Phi) is 5.10. The molecule has 3 heteroatoms. The van der Waals surface area contributed by atoms with E-state index in [1.165, 1.54) is 12.5 Å². The van der Waals surface area contributed by atoms with Gasteiger partial charge in [-0.3, -0.25) is 4.79 Å². The molecule has 84 valence electrons. The maximum Gasteiger partial charge on any atom is 0.217 e. The molecule has 1 aromatic rings. The van der Waals surface area contributed by atoms with Crippen LogP contribution in [0.2, 0.25) is 0 Å². The van der Waals surface area contributed by atoms with E-state index in [1.54, 1.807) is 0 Å². The lowest BCUT2D eigenvalue weighted by Crippen LogP contribution is -2.19. The second kappa shape index (κ2) is 6.65. The van der Waals surface area contributed by atoms with Crippen LogP contribution in [0, 0.1) is 11.8 Å². The van der Waals surface area contributed by atoms with Crippen LogP contribution in [0.1, 0.15) is 18.1 Å². The number of rotatable bonds is 3. The Hall–Kier alpha value is -1.79. The number of benzene rings is 1. The first-order valence-corrected chi connectivity index (χ1v) is 5.19. The Bertz CT molecular complexity index is 398. The molecule has 0 radical (unpaired) electrons. The summed E-state index contributed by atoms with van der Waals surface area (Å²) in [5.74, 6) is 5.81. The zero-order chi connectivity index (χ0) is 11.8. The molecule has 1 amide bonds. The molecule has 0 aromatic heterocycles. The number of hydrogen-bond acceptors (Lipinski definition) is 2. The van der Waals surface area contributed by atoms with Crippen molar-refractivity contribution in [3.8, 4) is 11.8 Å². The highest BCUT2D eigenvalue weighted by Crippen LogP contribution is 2.02. The summed E-state index contributed by atoms with van der Waals surface area (Å²) in [4.78, 5) is 10.6. The van der Waals surface area contributed by atoms with Gasteiger partial charge in [0.2, 0.25) is 5.91 Å². The summed E-state index contributed by atoms with van der Waals surface area (Å²) >= 11 is 0. The number of carbonyl (C=O) groups is 1. The summed E-state index contributed by atoms with van der Waals surface area (Å²) in [7, 11) is 1.92. The zero-order valence-corrected chi connectivity index (χ0v) is 9.63. The van der Waals surface area contributed by atoms with Gasteiger partial charge in [0.25, 0.3) is 0 Å². The van der Waals surface area contributed by atoms with E-state index < -0.39 is 0 Å². The van der Waals surface area contributed by atoms with Gasteiger partial charge in [-0.05, 0) is 24.7 Å². The van der Waals surface area contributed by atoms with Crippen molar-refractivity contribution in [2.45, 2.75) is 13.5 Å².